The fraction of sp³-hybridized carbons (Fsp3) is 0.400. The van der Waals surface area contributed by atoms with Crippen molar-refractivity contribution in [2.75, 3.05) is 5.32 Å². The van der Waals surface area contributed by atoms with E-state index in [1.54, 1.807) is 0 Å². The van der Waals surface area contributed by atoms with Crippen molar-refractivity contribution in [2.24, 2.45) is 0 Å². The number of anilines is 1. The standard InChI is InChI=1S/C20H24BN/c1-19-10-6-7-11-20(19,2)22-18-16(19)12-15(13-17(18)21)14-8-4-3-5-9-14/h3-5,8-9,12-13,22H,6-7,10-11,21H2,1-2H3. The molecule has 0 amide bonds. The van der Waals surface area contributed by atoms with Crippen molar-refractivity contribution < 1.29 is 0 Å². The summed E-state index contributed by atoms with van der Waals surface area (Å²) in [5.74, 6) is 0. The lowest BCUT2D eigenvalue weighted by atomic mass is 9.61. The van der Waals surface area contributed by atoms with Crippen molar-refractivity contribution >= 4 is 19.0 Å². The van der Waals surface area contributed by atoms with Crippen molar-refractivity contribution in [3.63, 3.8) is 0 Å². The molecular formula is C20H24BN. The zero-order valence-corrected chi connectivity index (χ0v) is 13.9. The molecule has 1 nitrogen and oxygen atoms in total. The van der Waals surface area contributed by atoms with Crippen LogP contribution in [0.5, 0.6) is 0 Å². The van der Waals surface area contributed by atoms with E-state index in [0.29, 0.717) is 0 Å². The zero-order chi connectivity index (χ0) is 15.4. The minimum atomic E-state index is 0.216. The van der Waals surface area contributed by atoms with Crippen LogP contribution < -0.4 is 10.8 Å². The molecule has 22 heavy (non-hydrogen) atoms. The normalized spacial score (nSPS) is 29.5. The maximum atomic E-state index is 3.90. The van der Waals surface area contributed by atoms with E-state index in [1.165, 1.54) is 53.5 Å². The maximum Gasteiger partial charge on any atom is 0.142 e. The molecule has 1 aliphatic carbocycles. The van der Waals surface area contributed by atoms with Gasteiger partial charge < -0.3 is 5.32 Å². The molecule has 1 saturated carbocycles. The minimum absolute atomic E-state index is 0.216. The van der Waals surface area contributed by atoms with E-state index in [9.17, 15) is 0 Å². The lowest BCUT2D eigenvalue weighted by Gasteiger charge is -2.45. The van der Waals surface area contributed by atoms with Crippen LogP contribution in [0.4, 0.5) is 5.69 Å². The average molecular weight is 289 g/mol. The average Bonchev–Trinajstić information content (AvgIpc) is 2.77. The summed E-state index contributed by atoms with van der Waals surface area (Å²) < 4.78 is 0. The third-order valence-corrected chi connectivity index (χ3v) is 6.26. The molecule has 1 fully saturated rings. The highest BCUT2D eigenvalue weighted by atomic mass is 15.0. The van der Waals surface area contributed by atoms with Crippen LogP contribution in [0, 0.1) is 0 Å². The Morgan fingerprint density at radius 2 is 1.68 bits per heavy atom. The minimum Gasteiger partial charge on any atom is -0.379 e. The Balaban J connectivity index is 1.90. The van der Waals surface area contributed by atoms with Gasteiger partial charge in [0.25, 0.3) is 0 Å². The Morgan fingerprint density at radius 3 is 2.45 bits per heavy atom. The van der Waals surface area contributed by atoms with Crippen molar-refractivity contribution in [2.45, 2.75) is 50.5 Å². The predicted molar refractivity (Wildman–Crippen MR) is 97.9 cm³/mol. The quantitative estimate of drug-likeness (QED) is 0.791. The molecular weight excluding hydrogens is 265 g/mol. The Labute approximate surface area is 134 Å². The van der Waals surface area contributed by atoms with Crippen molar-refractivity contribution in [1.82, 2.24) is 0 Å². The van der Waals surface area contributed by atoms with Gasteiger partial charge in [-0.25, -0.2) is 0 Å². The Morgan fingerprint density at radius 1 is 0.955 bits per heavy atom. The van der Waals surface area contributed by atoms with E-state index in [2.05, 4.69) is 69.5 Å². The molecule has 112 valence electrons. The maximum absolute atomic E-state index is 3.90. The summed E-state index contributed by atoms with van der Waals surface area (Å²) in [4.78, 5) is 0. The molecule has 2 aromatic carbocycles. The lowest BCUT2D eigenvalue weighted by Crippen LogP contribution is -2.50. The van der Waals surface area contributed by atoms with Gasteiger partial charge in [-0.1, -0.05) is 61.6 Å². The number of rotatable bonds is 1. The Bertz CT molecular complexity index is 724. The van der Waals surface area contributed by atoms with Gasteiger partial charge in [-0.2, -0.15) is 0 Å². The molecule has 4 rings (SSSR count). The second-order valence-electron chi connectivity index (χ2n) is 7.58. The van der Waals surface area contributed by atoms with E-state index < -0.39 is 0 Å². The molecule has 1 aliphatic heterocycles. The molecule has 2 heteroatoms. The topological polar surface area (TPSA) is 12.0 Å². The molecule has 0 spiro atoms. The van der Waals surface area contributed by atoms with E-state index >= 15 is 0 Å². The van der Waals surface area contributed by atoms with E-state index in [0.717, 1.165) is 0 Å². The summed E-state index contributed by atoms with van der Waals surface area (Å²) in [6.45, 7) is 4.90. The summed E-state index contributed by atoms with van der Waals surface area (Å²) in [6.07, 6.45) is 5.26. The Hall–Kier alpha value is -1.70. The number of benzene rings is 2. The SMILES string of the molecule is Bc1cc(-c2ccccc2)cc2c1NC1(C)CCCCC21C. The predicted octanol–water partition coefficient (Wildman–Crippen LogP) is 3.63. The summed E-state index contributed by atoms with van der Waals surface area (Å²) >= 11 is 0. The number of nitrogens with one attached hydrogen (secondary N) is 1. The molecule has 2 aromatic rings. The highest BCUT2D eigenvalue weighted by Gasteiger charge is 2.53. The van der Waals surface area contributed by atoms with Gasteiger partial charge in [-0.3, -0.25) is 0 Å². The number of hydrogen-bond acceptors (Lipinski definition) is 1. The van der Waals surface area contributed by atoms with Crippen LogP contribution in [0.3, 0.4) is 0 Å². The van der Waals surface area contributed by atoms with Crippen molar-refractivity contribution in [1.29, 1.82) is 0 Å². The molecule has 1 N–H and O–H groups in total. The van der Waals surface area contributed by atoms with Crippen LogP contribution in [-0.4, -0.2) is 13.4 Å². The molecule has 0 saturated heterocycles. The molecule has 2 atom stereocenters. The van der Waals surface area contributed by atoms with Crippen molar-refractivity contribution in [3.8, 4) is 11.1 Å². The molecule has 0 bridgehead atoms. The fourth-order valence-corrected chi connectivity index (χ4v) is 4.60. The summed E-state index contributed by atoms with van der Waals surface area (Å²) in [5.41, 5.74) is 7.47. The van der Waals surface area contributed by atoms with Crippen LogP contribution in [0.15, 0.2) is 42.5 Å². The van der Waals surface area contributed by atoms with Gasteiger partial charge >= 0.3 is 0 Å². The van der Waals surface area contributed by atoms with Crippen molar-refractivity contribution in [3.05, 3.63) is 48.0 Å². The summed E-state index contributed by atoms with van der Waals surface area (Å²) in [5, 5.41) is 3.90. The van der Waals surface area contributed by atoms with Crippen LogP contribution in [0.25, 0.3) is 11.1 Å². The van der Waals surface area contributed by atoms with Gasteiger partial charge in [-0.05, 0) is 42.5 Å². The highest BCUT2D eigenvalue weighted by Crippen LogP contribution is 2.54. The molecule has 2 unspecified atom stereocenters. The molecule has 1 heterocycles. The fourth-order valence-electron chi connectivity index (χ4n) is 4.60. The second kappa shape index (κ2) is 4.65. The monoisotopic (exact) mass is 289 g/mol. The van der Waals surface area contributed by atoms with Crippen LogP contribution in [0.2, 0.25) is 0 Å². The van der Waals surface area contributed by atoms with E-state index in [1.807, 2.05) is 0 Å². The number of hydrogen-bond donors (Lipinski definition) is 1. The summed E-state index contributed by atoms with van der Waals surface area (Å²) in [6, 6.07) is 15.6. The third kappa shape index (κ3) is 1.79. The van der Waals surface area contributed by atoms with Crippen LogP contribution >= 0.6 is 0 Å². The largest absolute Gasteiger partial charge is 0.379 e. The van der Waals surface area contributed by atoms with Gasteiger partial charge in [0.15, 0.2) is 0 Å². The summed E-state index contributed by atoms with van der Waals surface area (Å²) in [7, 11) is 2.25. The smallest absolute Gasteiger partial charge is 0.142 e. The van der Waals surface area contributed by atoms with Gasteiger partial charge in [0.05, 0.1) is 0 Å². The zero-order valence-electron chi connectivity index (χ0n) is 13.9. The molecule has 0 aromatic heterocycles. The van der Waals surface area contributed by atoms with E-state index in [4.69, 9.17) is 0 Å². The van der Waals surface area contributed by atoms with Gasteiger partial charge in [0, 0.05) is 16.6 Å². The first kappa shape index (κ1) is 13.9. The van der Waals surface area contributed by atoms with Gasteiger partial charge in [0.2, 0.25) is 0 Å². The lowest BCUT2D eigenvalue weighted by molar-refractivity contribution is 0.214. The first-order valence-corrected chi connectivity index (χ1v) is 8.52. The molecule has 0 radical (unpaired) electrons. The van der Waals surface area contributed by atoms with Crippen LogP contribution in [0.1, 0.15) is 45.1 Å². The second-order valence-corrected chi connectivity index (χ2v) is 7.58. The Kier molecular flexibility index (Phi) is 2.94. The first-order valence-electron chi connectivity index (χ1n) is 8.52. The number of fused-ring (bicyclic) bond motifs is 3. The van der Waals surface area contributed by atoms with Gasteiger partial charge in [-0.15, -0.1) is 0 Å². The third-order valence-electron chi connectivity index (χ3n) is 6.26. The highest BCUT2D eigenvalue weighted by molar-refractivity contribution is 6.36. The van der Waals surface area contributed by atoms with Crippen LogP contribution in [-0.2, 0) is 5.41 Å². The van der Waals surface area contributed by atoms with Gasteiger partial charge in [0.1, 0.15) is 7.85 Å². The van der Waals surface area contributed by atoms with E-state index in [-0.39, 0.29) is 11.0 Å². The molecule has 2 aliphatic rings. The first-order chi connectivity index (χ1) is 10.5.